The summed E-state index contributed by atoms with van der Waals surface area (Å²) < 4.78 is 16.3. The summed E-state index contributed by atoms with van der Waals surface area (Å²) in [7, 11) is -5.24. The maximum atomic E-state index is 11.3. The van der Waals surface area contributed by atoms with Crippen molar-refractivity contribution in [2.24, 2.45) is 0 Å². The lowest BCUT2D eigenvalue weighted by Gasteiger charge is -2.27. The highest BCUT2D eigenvalue weighted by atomic mass is 32.3. The fourth-order valence-corrected chi connectivity index (χ4v) is 4.08. The summed E-state index contributed by atoms with van der Waals surface area (Å²) in [6, 6.07) is 0. The number of carboxylic acids is 1. The molecule has 14 heavy (non-hydrogen) atoms. The summed E-state index contributed by atoms with van der Waals surface area (Å²) in [5.41, 5.74) is 0. The number of rotatable bonds is 6. The van der Waals surface area contributed by atoms with E-state index in [1.165, 1.54) is 0 Å². The fourth-order valence-electron chi connectivity index (χ4n) is 0.680. The lowest BCUT2D eigenvalue weighted by molar-refractivity contribution is -0.135. The molecule has 0 aromatic heterocycles. The van der Waals surface area contributed by atoms with Crippen LogP contribution in [0.2, 0.25) is 0 Å². The number of nitrogens with one attached hydrogen (secondary N) is 1. The molecule has 0 aliphatic rings. The lowest BCUT2D eigenvalue weighted by Crippen LogP contribution is -2.24. The van der Waals surface area contributed by atoms with Gasteiger partial charge in [-0.2, -0.15) is 0 Å². The summed E-state index contributed by atoms with van der Waals surface area (Å²) in [6.45, 7) is -0.354. The van der Waals surface area contributed by atoms with Crippen LogP contribution in [-0.4, -0.2) is 47.6 Å². The zero-order valence-corrected chi connectivity index (χ0v) is 10.1. The monoisotopic (exact) mass is 245 g/mol. The largest absolute Gasteiger partial charge is 0.480 e. The molecule has 6 nitrogen and oxygen atoms in total. The Balaban J connectivity index is 3.96. The van der Waals surface area contributed by atoms with Crippen molar-refractivity contribution in [3.05, 3.63) is 0 Å². The molecule has 1 atom stereocenters. The van der Waals surface area contributed by atoms with Gasteiger partial charge >= 0.3 is 13.6 Å². The molecule has 1 unspecified atom stereocenters. The van der Waals surface area contributed by atoms with Crippen LogP contribution >= 0.6 is 17.9 Å². The van der Waals surface area contributed by atoms with E-state index in [1.54, 1.807) is 18.8 Å². The van der Waals surface area contributed by atoms with E-state index in [1.807, 2.05) is 0 Å². The summed E-state index contributed by atoms with van der Waals surface area (Å²) in [4.78, 5) is 19.4. The van der Waals surface area contributed by atoms with Gasteiger partial charge in [0, 0.05) is 0 Å². The van der Waals surface area contributed by atoms with Crippen molar-refractivity contribution in [1.82, 2.24) is 5.32 Å². The first-order chi connectivity index (χ1) is 6.12. The first-order valence-corrected chi connectivity index (χ1v) is 8.31. The second-order valence-corrected chi connectivity index (χ2v) is 9.05. The van der Waals surface area contributed by atoms with E-state index in [4.69, 9.17) is 9.08 Å². The average molecular weight is 245 g/mol. The van der Waals surface area contributed by atoms with E-state index < -0.39 is 23.9 Å². The van der Waals surface area contributed by atoms with Gasteiger partial charge in [0.25, 0.3) is 0 Å². The third kappa shape index (κ3) is 8.52. The van der Waals surface area contributed by atoms with E-state index in [0.717, 1.165) is 0 Å². The summed E-state index contributed by atoms with van der Waals surface area (Å²) in [5.74, 6) is -1.08. The Labute approximate surface area is 84.7 Å². The van der Waals surface area contributed by atoms with E-state index >= 15 is 0 Å². The summed E-state index contributed by atoms with van der Waals surface area (Å²) >= 11 is 0. The molecular weight excluding hydrogens is 229 g/mol. The van der Waals surface area contributed by atoms with E-state index in [2.05, 4.69) is 5.32 Å². The molecule has 0 aromatic carbocycles. The molecule has 0 aliphatic heterocycles. The van der Waals surface area contributed by atoms with Crippen LogP contribution in [0.1, 0.15) is 0 Å². The standard InChI is InChI=1S/C6H16NO5PS/c1-14(2,3)12-13(10,11)5-7-4-6(8)9/h7H,4-5H2,1-3H3,(H,8,9)(H,10,11). The molecule has 0 bridgehead atoms. The quantitative estimate of drug-likeness (QED) is 0.587. The third-order valence-corrected chi connectivity index (χ3v) is 4.27. The molecule has 8 heteroatoms. The number of carboxylic acid groups (broad SMARTS) is 1. The Morgan fingerprint density at radius 1 is 1.50 bits per heavy atom. The van der Waals surface area contributed by atoms with Gasteiger partial charge in [-0.25, -0.2) is 0 Å². The van der Waals surface area contributed by atoms with Crippen LogP contribution in [0.5, 0.6) is 0 Å². The highest BCUT2D eigenvalue weighted by Gasteiger charge is 2.24. The van der Waals surface area contributed by atoms with Crippen molar-refractivity contribution >= 4 is 23.9 Å². The molecule has 0 saturated heterocycles. The minimum Gasteiger partial charge on any atom is -0.480 e. The normalized spacial score (nSPS) is 17.4. The molecule has 0 heterocycles. The van der Waals surface area contributed by atoms with Crippen LogP contribution in [0.4, 0.5) is 0 Å². The summed E-state index contributed by atoms with van der Waals surface area (Å²) in [5, 5.41) is 10.6. The van der Waals surface area contributed by atoms with Crippen molar-refractivity contribution in [1.29, 1.82) is 0 Å². The van der Waals surface area contributed by atoms with Crippen LogP contribution < -0.4 is 5.32 Å². The van der Waals surface area contributed by atoms with E-state index in [0.29, 0.717) is 0 Å². The van der Waals surface area contributed by atoms with Crippen LogP contribution in [-0.2, 0) is 13.3 Å². The maximum Gasteiger partial charge on any atom is 0.351 e. The van der Waals surface area contributed by atoms with E-state index in [9.17, 15) is 14.3 Å². The van der Waals surface area contributed by atoms with Crippen molar-refractivity contribution in [3.63, 3.8) is 0 Å². The van der Waals surface area contributed by atoms with Crippen molar-refractivity contribution < 1.29 is 23.3 Å². The minimum atomic E-state index is -3.71. The van der Waals surface area contributed by atoms with Gasteiger partial charge in [-0.3, -0.25) is 18.6 Å². The Kier molecular flexibility index (Phi) is 5.11. The van der Waals surface area contributed by atoms with Gasteiger partial charge < -0.3 is 10.00 Å². The predicted octanol–water partition coefficient (Wildman–Crippen LogP) is 0.429. The molecule has 86 valence electrons. The fraction of sp³-hybridized carbons (Fsp3) is 0.833. The predicted molar refractivity (Wildman–Crippen MR) is 56.8 cm³/mol. The number of hydrogen-bond donors (Lipinski definition) is 3. The molecule has 0 fully saturated rings. The smallest absolute Gasteiger partial charge is 0.351 e. The molecule has 3 N–H and O–H groups in total. The first kappa shape index (κ1) is 13.9. The molecule has 0 saturated carbocycles. The highest BCUT2D eigenvalue weighted by Crippen LogP contribution is 2.55. The maximum absolute atomic E-state index is 11.3. The van der Waals surface area contributed by atoms with Crippen molar-refractivity contribution in [2.45, 2.75) is 0 Å². The second-order valence-electron chi connectivity index (χ2n) is 3.42. The van der Waals surface area contributed by atoms with Gasteiger partial charge in [0.05, 0.1) is 6.54 Å². The topological polar surface area (TPSA) is 95.9 Å². The van der Waals surface area contributed by atoms with Crippen LogP contribution in [0.25, 0.3) is 0 Å². The second kappa shape index (κ2) is 5.14. The Morgan fingerprint density at radius 2 is 2.00 bits per heavy atom. The summed E-state index contributed by atoms with van der Waals surface area (Å²) in [6.07, 6.45) is 4.84. The molecule has 0 aliphatic carbocycles. The van der Waals surface area contributed by atoms with E-state index in [-0.39, 0.29) is 12.8 Å². The average Bonchev–Trinajstić information content (AvgIpc) is 1.78. The van der Waals surface area contributed by atoms with Crippen molar-refractivity contribution in [2.75, 3.05) is 31.6 Å². The zero-order chi connectivity index (χ0) is 11.4. The molecule has 0 aromatic rings. The Hall–Kier alpha value is -0.0700. The van der Waals surface area contributed by atoms with Gasteiger partial charge in [-0.1, -0.05) is 0 Å². The molecule has 0 amide bonds. The van der Waals surface area contributed by atoms with Gasteiger partial charge in [0.1, 0.15) is 6.29 Å². The highest BCUT2D eigenvalue weighted by molar-refractivity contribution is 8.29. The van der Waals surface area contributed by atoms with Crippen LogP contribution in [0.3, 0.4) is 0 Å². The molecule has 0 rings (SSSR count). The minimum absolute atomic E-state index is 0.344. The van der Waals surface area contributed by atoms with Crippen LogP contribution in [0.15, 0.2) is 0 Å². The number of aliphatic carboxylic acids is 1. The van der Waals surface area contributed by atoms with Gasteiger partial charge in [0.15, 0.2) is 0 Å². The Bertz CT molecular complexity index is 251. The first-order valence-electron chi connectivity index (χ1n) is 3.76. The number of carbonyl (C=O) groups is 1. The molecular formula is C6H16NO5PS. The van der Waals surface area contributed by atoms with Gasteiger partial charge in [-0.15, -0.1) is 10.3 Å². The molecule has 0 radical (unpaired) electrons. The SMILES string of the molecule is CS(C)(C)OP(=O)(O)CNCC(=O)O. The van der Waals surface area contributed by atoms with Gasteiger partial charge in [0.2, 0.25) is 0 Å². The Morgan fingerprint density at radius 3 is 2.36 bits per heavy atom. The van der Waals surface area contributed by atoms with Crippen LogP contribution in [0, 0.1) is 0 Å². The zero-order valence-electron chi connectivity index (χ0n) is 8.39. The van der Waals surface area contributed by atoms with Gasteiger partial charge in [-0.05, 0) is 18.8 Å². The third-order valence-electron chi connectivity index (χ3n) is 0.928. The molecule has 0 spiro atoms. The number of hydrogen-bond acceptors (Lipinski definition) is 4. The lowest BCUT2D eigenvalue weighted by atomic mass is 10.7. The van der Waals surface area contributed by atoms with Crippen molar-refractivity contribution in [3.8, 4) is 0 Å².